The summed E-state index contributed by atoms with van der Waals surface area (Å²) in [7, 11) is -1.02. The number of aryl methyl sites for hydroxylation is 2. The van der Waals surface area contributed by atoms with E-state index in [2.05, 4.69) is 41.9 Å². The van der Waals surface area contributed by atoms with Gasteiger partial charge in [-0.15, -0.1) is 0 Å². The lowest BCUT2D eigenvalue weighted by molar-refractivity contribution is 0.600. The lowest BCUT2D eigenvalue weighted by Crippen LogP contribution is -2.33. The summed E-state index contributed by atoms with van der Waals surface area (Å²) in [6.45, 7) is 6.82. The zero-order chi connectivity index (χ0) is 18.9. The topological polar surface area (TPSA) is 66.4 Å². The number of sulfone groups is 1. The highest BCUT2D eigenvalue weighted by molar-refractivity contribution is 7.91. The van der Waals surface area contributed by atoms with Gasteiger partial charge in [0.2, 0.25) is 5.95 Å². The Hall–Kier alpha value is -2.15. The summed E-state index contributed by atoms with van der Waals surface area (Å²) < 4.78 is 23.6. The number of hydrogen-bond donors (Lipinski definition) is 0. The highest BCUT2D eigenvalue weighted by Crippen LogP contribution is 2.27. The molecule has 0 radical (unpaired) electrons. The Morgan fingerprint density at radius 3 is 2.58 bits per heavy atom. The van der Waals surface area contributed by atoms with Crippen molar-refractivity contribution in [2.75, 3.05) is 34.9 Å². The normalized spacial score (nSPS) is 18.7. The molecule has 0 saturated carbocycles. The van der Waals surface area contributed by atoms with Gasteiger partial charge in [0, 0.05) is 37.1 Å². The van der Waals surface area contributed by atoms with Crippen LogP contribution >= 0.6 is 0 Å². The van der Waals surface area contributed by atoms with E-state index < -0.39 is 9.84 Å². The Kier molecular flexibility index (Phi) is 5.18. The Bertz CT molecular complexity index is 898. The van der Waals surface area contributed by atoms with Crippen molar-refractivity contribution in [2.24, 2.45) is 0 Å². The van der Waals surface area contributed by atoms with Gasteiger partial charge < -0.3 is 9.80 Å². The van der Waals surface area contributed by atoms with Gasteiger partial charge in [0.05, 0.1) is 11.5 Å². The summed E-state index contributed by atoms with van der Waals surface area (Å²) in [5.41, 5.74) is 3.10. The summed E-state index contributed by atoms with van der Waals surface area (Å²) in [6.07, 6.45) is 0.645. The van der Waals surface area contributed by atoms with Gasteiger partial charge in [-0.3, -0.25) is 0 Å². The molecule has 0 amide bonds. The van der Waals surface area contributed by atoms with Crippen LogP contribution in [0.1, 0.15) is 24.6 Å². The number of aromatic nitrogens is 2. The number of anilines is 3. The van der Waals surface area contributed by atoms with E-state index >= 15 is 0 Å². The van der Waals surface area contributed by atoms with Crippen molar-refractivity contribution in [1.29, 1.82) is 0 Å². The van der Waals surface area contributed by atoms with Crippen LogP contribution in [-0.4, -0.2) is 49.5 Å². The predicted molar refractivity (Wildman–Crippen MR) is 106 cm³/mol. The number of nitrogens with zero attached hydrogens (tertiary/aromatic N) is 4. The third-order valence-electron chi connectivity index (χ3n) is 4.82. The van der Waals surface area contributed by atoms with Crippen LogP contribution in [0.5, 0.6) is 0 Å². The molecule has 0 N–H and O–H groups in total. The molecule has 26 heavy (non-hydrogen) atoms. The van der Waals surface area contributed by atoms with Crippen molar-refractivity contribution < 1.29 is 8.42 Å². The van der Waals surface area contributed by atoms with Crippen molar-refractivity contribution >= 4 is 27.3 Å². The average Bonchev–Trinajstić information content (AvgIpc) is 2.94. The number of rotatable bonds is 5. The van der Waals surface area contributed by atoms with E-state index in [0.29, 0.717) is 12.4 Å². The Morgan fingerprint density at radius 2 is 1.96 bits per heavy atom. The molecule has 3 rings (SSSR count). The highest BCUT2D eigenvalue weighted by atomic mass is 32.2. The van der Waals surface area contributed by atoms with Crippen LogP contribution in [-0.2, 0) is 9.84 Å². The van der Waals surface area contributed by atoms with Crippen molar-refractivity contribution in [3.05, 3.63) is 41.6 Å². The van der Waals surface area contributed by atoms with Crippen molar-refractivity contribution in [3.8, 4) is 0 Å². The van der Waals surface area contributed by atoms with Gasteiger partial charge in [-0.25, -0.2) is 13.4 Å². The standard InChI is InChI=1S/C19H26N4O2S/c1-5-23(16-8-6-7-14(2)11-16)19-20-15(3)12-18(21-19)22(4)17-9-10-26(24,25)13-17/h6-8,11-12,17H,5,9-10,13H2,1-4H3. The van der Waals surface area contributed by atoms with Crippen LogP contribution in [0.15, 0.2) is 30.3 Å². The molecule has 1 aliphatic rings. The van der Waals surface area contributed by atoms with E-state index in [1.54, 1.807) is 0 Å². The first-order chi connectivity index (χ1) is 12.3. The average molecular weight is 375 g/mol. The Labute approximate surface area is 155 Å². The first-order valence-corrected chi connectivity index (χ1v) is 10.7. The zero-order valence-electron chi connectivity index (χ0n) is 15.8. The van der Waals surface area contributed by atoms with Gasteiger partial charge in [0.15, 0.2) is 9.84 Å². The molecule has 140 valence electrons. The maximum absolute atomic E-state index is 11.8. The molecular weight excluding hydrogens is 348 g/mol. The van der Waals surface area contributed by atoms with Gasteiger partial charge >= 0.3 is 0 Å². The van der Waals surface area contributed by atoms with E-state index in [1.165, 1.54) is 5.56 Å². The number of hydrogen-bond acceptors (Lipinski definition) is 6. The van der Waals surface area contributed by atoms with Crippen LogP contribution < -0.4 is 9.80 Å². The van der Waals surface area contributed by atoms with E-state index in [1.807, 2.05) is 31.0 Å². The van der Waals surface area contributed by atoms with Gasteiger partial charge in [0.25, 0.3) is 0 Å². The van der Waals surface area contributed by atoms with Gasteiger partial charge in [0.1, 0.15) is 5.82 Å². The maximum atomic E-state index is 11.8. The molecule has 0 spiro atoms. The summed E-state index contributed by atoms with van der Waals surface area (Å²) in [5, 5.41) is 0. The third kappa shape index (κ3) is 3.98. The number of benzene rings is 1. The van der Waals surface area contributed by atoms with Crippen molar-refractivity contribution in [1.82, 2.24) is 9.97 Å². The van der Waals surface area contributed by atoms with Gasteiger partial charge in [-0.1, -0.05) is 12.1 Å². The second-order valence-electron chi connectivity index (χ2n) is 6.92. The molecule has 2 aromatic rings. The fourth-order valence-electron chi connectivity index (χ4n) is 3.34. The highest BCUT2D eigenvalue weighted by Gasteiger charge is 2.31. The molecule has 1 atom stereocenters. The molecule has 2 heterocycles. The van der Waals surface area contributed by atoms with E-state index in [-0.39, 0.29) is 17.5 Å². The van der Waals surface area contributed by atoms with Gasteiger partial charge in [-0.2, -0.15) is 4.98 Å². The Morgan fingerprint density at radius 1 is 1.19 bits per heavy atom. The molecular formula is C19H26N4O2S. The lowest BCUT2D eigenvalue weighted by Gasteiger charge is -2.27. The lowest BCUT2D eigenvalue weighted by atomic mass is 10.2. The fourth-order valence-corrected chi connectivity index (χ4v) is 5.12. The first-order valence-electron chi connectivity index (χ1n) is 8.92. The van der Waals surface area contributed by atoms with Crippen LogP contribution in [0.4, 0.5) is 17.5 Å². The molecule has 7 heteroatoms. The molecule has 1 saturated heterocycles. The predicted octanol–water partition coefficient (Wildman–Crippen LogP) is 2.87. The Balaban J connectivity index is 1.94. The molecule has 1 fully saturated rings. The first kappa shape index (κ1) is 18.6. The molecule has 1 unspecified atom stereocenters. The SMILES string of the molecule is CCN(c1cccc(C)c1)c1nc(C)cc(N(C)C2CCS(=O)(=O)C2)n1. The second kappa shape index (κ2) is 7.23. The minimum absolute atomic E-state index is 0.0313. The minimum Gasteiger partial charge on any atom is -0.355 e. The van der Waals surface area contributed by atoms with Gasteiger partial charge in [-0.05, 0) is 44.9 Å². The molecule has 1 aromatic carbocycles. The quantitative estimate of drug-likeness (QED) is 0.802. The monoisotopic (exact) mass is 374 g/mol. The van der Waals surface area contributed by atoms with E-state index in [9.17, 15) is 8.42 Å². The van der Waals surface area contributed by atoms with Crippen LogP contribution in [0.2, 0.25) is 0 Å². The second-order valence-corrected chi connectivity index (χ2v) is 9.15. The van der Waals surface area contributed by atoms with Crippen LogP contribution in [0.25, 0.3) is 0 Å². The maximum Gasteiger partial charge on any atom is 0.232 e. The fraction of sp³-hybridized carbons (Fsp3) is 0.474. The van der Waals surface area contributed by atoms with Crippen molar-refractivity contribution in [3.63, 3.8) is 0 Å². The largest absolute Gasteiger partial charge is 0.355 e. The summed E-state index contributed by atoms with van der Waals surface area (Å²) >= 11 is 0. The molecule has 1 aromatic heterocycles. The van der Waals surface area contributed by atoms with Crippen LogP contribution in [0.3, 0.4) is 0 Å². The van der Waals surface area contributed by atoms with E-state index in [0.717, 1.165) is 23.7 Å². The minimum atomic E-state index is -2.93. The smallest absolute Gasteiger partial charge is 0.232 e. The summed E-state index contributed by atoms with van der Waals surface area (Å²) in [4.78, 5) is 13.4. The molecule has 1 aliphatic heterocycles. The molecule has 0 bridgehead atoms. The van der Waals surface area contributed by atoms with E-state index in [4.69, 9.17) is 4.98 Å². The summed E-state index contributed by atoms with van der Waals surface area (Å²) in [5.74, 6) is 1.85. The molecule has 0 aliphatic carbocycles. The third-order valence-corrected chi connectivity index (χ3v) is 6.57. The summed E-state index contributed by atoms with van der Waals surface area (Å²) in [6, 6.07) is 10.1. The molecule has 6 nitrogen and oxygen atoms in total. The van der Waals surface area contributed by atoms with Crippen molar-refractivity contribution in [2.45, 2.75) is 33.2 Å². The zero-order valence-corrected chi connectivity index (χ0v) is 16.6. The van der Waals surface area contributed by atoms with Crippen LogP contribution in [0, 0.1) is 13.8 Å².